The molecule has 0 amide bonds. The van der Waals surface area contributed by atoms with Crippen molar-refractivity contribution in [1.82, 2.24) is 9.97 Å². The summed E-state index contributed by atoms with van der Waals surface area (Å²) in [6.45, 7) is 1.78. The fraction of sp³-hybridized carbons (Fsp3) is 0.556. The van der Waals surface area contributed by atoms with Crippen LogP contribution < -0.4 is 4.90 Å². The zero-order valence-electron chi connectivity index (χ0n) is 7.66. The fourth-order valence-electron chi connectivity index (χ4n) is 1.61. The lowest BCUT2D eigenvalue weighted by molar-refractivity contribution is 0.611. The molecule has 3 nitrogen and oxygen atoms in total. The van der Waals surface area contributed by atoms with E-state index in [1.54, 1.807) is 0 Å². The van der Waals surface area contributed by atoms with Gasteiger partial charge in [0.15, 0.2) is 5.82 Å². The van der Waals surface area contributed by atoms with Crippen LogP contribution in [0.2, 0.25) is 0 Å². The molecule has 0 bridgehead atoms. The average Bonchev–Trinajstić information content (AvgIpc) is 2.67. The van der Waals surface area contributed by atoms with Crippen molar-refractivity contribution in [2.45, 2.75) is 6.42 Å². The molecule has 0 spiro atoms. The van der Waals surface area contributed by atoms with Crippen molar-refractivity contribution in [3.8, 4) is 0 Å². The highest BCUT2D eigenvalue weighted by Gasteiger charge is 2.23. The number of halogens is 2. The maximum Gasteiger partial charge on any atom is 0.225 e. The third-order valence-electron chi connectivity index (χ3n) is 2.39. The van der Waals surface area contributed by atoms with Crippen molar-refractivity contribution in [2.24, 2.45) is 5.92 Å². The molecular weight excluding hydrogens is 205 g/mol. The van der Waals surface area contributed by atoms with Gasteiger partial charge in [-0.2, -0.15) is 0 Å². The Morgan fingerprint density at radius 3 is 2.79 bits per heavy atom. The van der Waals surface area contributed by atoms with Crippen LogP contribution in [0.1, 0.15) is 6.42 Å². The molecule has 0 saturated carbocycles. The molecule has 1 aromatic rings. The van der Waals surface area contributed by atoms with Crippen molar-refractivity contribution in [2.75, 3.05) is 23.9 Å². The quantitative estimate of drug-likeness (QED) is 0.703. The van der Waals surface area contributed by atoms with Crippen LogP contribution >= 0.6 is 11.6 Å². The summed E-state index contributed by atoms with van der Waals surface area (Å²) in [4.78, 5) is 9.89. The first-order valence-corrected chi connectivity index (χ1v) is 5.11. The summed E-state index contributed by atoms with van der Waals surface area (Å²) in [5.41, 5.74) is 0. The van der Waals surface area contributed by atoms with Crippen LogP contribution in [0.15, 0.2) is 12.4 Å². The number of hydrogen-bond donors (Lipinski definition) is 0. The van der Waals surface area contributed by atoms with Crippen molar-refractivity contribution >= 4 is 17.5 Å². The lowest BCUT2D eigenvalue weighted by atomic mass is 10.2. The van der Waals surface area contributed by atoms with Crippen LogP contribution in [0.3, 0.4) is 0 Å². The largest absolute Gasteiger partial charge is 0.340 e. The maximum atomic E-state index is 12.6. The predicted octanol–water partition coefficient (Wildman–Crippen LogP) is 1.68. The first-order chi connectivity index (χ1) is 6.79. The van der Waals surface area contributed by atoms with Crippen LogP contribution in [-0.4, -0.2) is 28.9 Å². The molecule has 1 aliphatic heterocycles. The van der Waals surface area contributed by atoms with E-state index in [1.165, 1.54) is 12.4 Å². The predicted molar refractivity (Wildman–Crippen MR) is 53.0 cm³/mol. The van der Waals surface area contributed by atoms with Gasteiger partial charge in [0, 0.05) is 19.0 Å². The highest BCUT2D eigenvalue weighted by molar-refractivity contribution is 6.18. The van der Waals surface area contributed by atoms with Gasteiger partial charge in [0.05, 0.1) is 12.4 Å². The summed E-state index contributed by atoms with van der Waals surface area (Å²) >= 11 is 5.76. The second-order valence-electron chi connectivity index (χ2n) is 3.46. The topological polar surface area (TPSA) is 29.0 Å². The number of hydrogen-bond acceptors (Lipinski definition) is 3. The minimum Gasteiger partial charge on any atom is -0.340 e. The van der Waals surface area contributed by atoms with Crippen molar-refractivity contribution in [3.63, 3.8) is 0 Å². The summed E-state index contributed by atoms with van der Waals surface area (Å²) in [5, 5.41) is 0. The van der Waals surface area contributed by atoms with E-state index in [4.69, 9.17) is 11.6 Å². The Bertz CT molecular complexity index is 303. The maximum absolute atomic E-state index is 12.6. The standard InChI is InChI=1S/C9H11ClFN3/c10-3-7-1-2-14(6-7)9-12-4-8(11)5-13-9/h4-5,7H,1-3,6H2. The van der Waals surface area contributed by atoms with Gasteiger partial charge in [0.1, 0.15) is 0 Å². The summed E-state index contributed by atoms with van der Waals surface area (Å²) < 4.78 is 12.6. The number of aromatic nitrogens is 2. The Morgan fingerprint density at radius 2 is 2.21 bits per heavy atom. The summed E-state index contributed by atoms with van der Waals surface area (Å²) in [6.07, 6.45) is 3.44. The third kappa shape index (κ3) is 1.95. The van der Waals surface area contributed by atoms with Crippen molar-refractivity contribution in [3.05, 3.63) is 18.2 Å². The van der Waals surface area contributed by atoms with Gasteiger partial charge >= 0.3 is 0 Å². The molecule has 0 N–H and O–H groups in total. The molecular formula is C9H11ClFN3. The lowest BCUT2D eigenvalue weighted by Crippen LogP contribution is -2.22. The van der Waals surface area contributed by atoms with Gasteiger partial charge in [-0.05, 0) is 12.3 Å². The monoisotopic (exact) mass is 215 g/mol. The van der Waals surface area contributed by atoms with Crippen LogP contribution in [0, 0.1) is 11.7 Å². The minimum absolute atomic E-state index is 0.401. The van der Waals surface area contributed by atoms with Gasteiger partial charge in [0.2, 0.25) is 5.95 Å². The lowest BCUT2D eigenvalue weighted by Gasteiger charge is -2.14. The molecule has 0 radical (unpaired) electrons. The number of anilines is 1. The molecule has 76 valence electrons. The Morgan fingerprint density at radius 1 is 1.50 bits per heavy atom. The highest BCUT2D eigenvalue weighted by Crippen LogP contribution is 2.20. The highest BCUT2D eigenvalue weighted by atomic mass is 35.5. The SMILES string of the molecule is Fc1cnc(N2CCC(CCl)C2)nc1. The number of nitrogens with zero attached hydrogens (tertiary/aromatic N) is 3. The van der Waals surface area contributed by atoms with Crippen LogP contribution in [0.5, 0.6) is 0 Å². The first-order valence-electron chi connectivity index (χ1n) is 4.58. The van der Waals surface area contributed by atoms with Gasteiger partial charge in [-0.3, -0.25) is 0 Å². The summed E-state index contributed by atoms with van der Waals surface area (Å²) in [6, 6.07) is 0. The Hall–Kier alpha value is -0.900. The number of alkyl halides is 1. The van der Waals surface area contributed by atoms with Crippen LogP contribution in [0.25, 0.3) is 0 Å². The Labute approximate surface area is 86.9 Å². The molecule has 2 heterocycles. The zero-order valence-corrected chi connectivity index (χ0v) is 8.41. The van der Waals surface area contributed by atoms with E-state index in [1.807, 2.05) is 4.90 Å². The van der Waals surface area contributed by atoms with E-state index < -0.39 is 5.82 Å². The normalized spacial score (nSPS) is 21.6. The summed E-state index contributed by atoms with van der Waals surface area (Å²) in [5.74, 6) is 1.36. The minimum atomic E-state index is -0.401. The van der Waals surface area contributed by atoms with Crippen LogP contribution in [-0.2, 0) is 0 Å². The Balaban J connectivity index is 2.06. The molecule has 5 heteroatoms. The third-order valence-corrected chi connectivity index (χ3v) is 2.83. The zero-order chi connectivity index (χ0) is 9.97. The van der Waals surface area contributed by atoms with Gasteiger partial charge in [-0.1, -0.05) is 0 Å². The van der Waals surface area contributed by atoms with E-state index in [-0.39, 0.29) is 0 Å². The summed E-state index contributed by atoms with van der Waals surface area (Å²) in [7, 11) is 0. The van der Waals surface area contributed by atoms with Gasteiger partial charge in [-0.15, -0.1) is 11.6 Å². The molecule has 1 unspecified atom stereocenters. The molecule has 14 heavy (non-hydrogen) atoms. The van der Waals surface area contributed by atoms with E-state index in [2.05, 4.69) is 9.97 Å². The molecule has 0 aliphatic carbocycles. The van der Waals surface area contributed by atoms with Gasteiger partial charge < -0.3 is 4.90 Å². The second-order valence-corrected chi connectivity index (χ2v) is 3.76. The molecule has 2 rings (SSSR count). The Kier molecular flexibility index (Phi) is 2.82. The van der Waals surface area contributed by atoms with Crippen molar-refractivity contribution < 1.29 is 4.39 Å². The van der Waals surface area contributed by atoms with Gasteiger partial charge in [-0.25, -0.2) is 14.4 Å². The second kappa shape index (κ2) is 4.09. The fourth-order valence-corrected chi connectivity index (χ4v) is 1.86. The first kappa shape index (κ1) is 9.65. The van der Waals surface area contributed by atoms with Gasteiger partial charge in [0.25, 0.3) is 0 Å². The van der Waals surface area contributed by atoms with E-state index in [0.717, 1.165) is 19.5 Å². The van der Waals surface area contributed by atoms with Crippen LogP contribution in [0.4, 0.5) is 10.3 Å². The van der Waals surface area contributed by atoms with E-state index in [9.17, 15) is 4.39 Å². The molecule has 1 atom stereocenters. The smallest absolute Gasteiger partial charge is 0.225 e. The molecule has 1 aliphatic rings. The molecule has 1 fully saturated rings. The number of rotatable bonds is 2. The molecule has 1 aromatic heterocycles. The molecule has 0 aromatic carbocycles. The molecule has 1 saturated heterocycles. The van der Waals surface area contributed by atoms with E-state index >= 15 is 0 Å². The average molecular weight is 216 g/mol. The van der Waals surface area contributed by atoms with E-state index in [0.29, 0.717) is 17.7 Å². The van der Waals surface area contributed by atoms with Crippen molar-refractivity contribution in [1.29, 1.82) is 0 Å².